The fourth-order valence-electron chi connectivity index (χ4n) is 2.25. The van der Waals surface area contributed by atoms with Gasteiger partial charge in [0.05, 0.1) is 6.10 Å². The van der Waals surface area contributed by atoms with Crippen LogP contribution in [0.4, 0.5) is 0 Å². The number of aliphatic hydroxyl groups is 1. The van der Waals surface area contributed by atoms with Gasteiger partial charge >= 0.3 is 0 Å². The lowest BCUT2D eigenvalue weighted by atomic mass is 10.0. The van der Waals surface area contributed by atoms with Gasteiger partial charge in [-0.3, -0.25) is 0 Å². The van der Waals surface area contributed by atoms with Crippen LogP contribution in [0.3, 0.4) is 0 Å². The molecule has 17 heavy (non-hydrogen) atoms. The van der Waals surface area contributed by atoms with Gasteiger partial charge in [-0.15, -0.1) is 0 Å². The molecular formula is C16H34O. The molecule has 0 aliphatic heterocycles. The van der Waals surface area contributed by atoms with Gasteiger partial charge in [-0.25, -0.2) is 0 Å². The van der Waals surface area contributed by atoms with Gasteiger partial charge in [-0.2, -0.15) is 0 Å². The van der Waals surface area contributed by atoms with Crippen LogP contribution in [0.25, 0.3) is 0 Å². The predicted molar refractivity (Wildman–Crippen MR) is 77.4 cm³/mol. The van der Waals surface area contributed by atoms with Crippen LogP contribution in [0.2, 0.25) is 0 Å². The molecule has 1 N–H and O–H groups in total. The molecule has 0 saturated heterocycles. The SMILES string of the molecule is CCCCCCCCCCCCCC(O)CC. The molecule has 0 rings (SSSR count). The van der Waals surface area contributed by atoms with Gasteiger partial charge in [-0.05, 0) is 12.8 Å². The van der Waals surface area contributed by atoms with E-state index >= 15 is 0 Å². The number of aliphatic hydroxyl groups excluding tert-OH is 1. The molecule has 0 aromatic rings. The van der Waals surface area contributed by atoms with Gasteiger partial charge in [0.25, 0.3) is 0 Å². The zero-order chi connectivity index (χ0) is 12.8. The lowest BCUT2D eigenvalue weighted by Gasteiger charge is -2.06. The van der Waals surface area contributed by atoms with Crippen molar-refractivity contribution in [2.24, 2.45) is 0 Å². The molecule has 1 nitrogen and oxygen atoms in total. The summed E-state index contributed by atoms with van der Waals surface area (Å²) in [6, 6.07) is 0. The van der Waals surface area contributed by atoms with Gasteiger partial charge in [0.1, 0.15) is 0 Å². The smallest absolute Gasteiger partial charge is 0.0537 e. The molecule has 0 spiro atoms. The van der Waals surface area contributed by atoms with Crippen molar-refractivity contribution in [2.75, 3.05) is 0 Å². The van der Waals surface area contributed by atoms with Crippen LogP contribution in [0.15, 0.2) is 0 Å². The van der Waals surface area contributed by atoms with Crippen LogP contribution >= 0.6 is 0 Å². The molecule has 1 heteroatoms. The summed E-state index contributed by atoms with van der Waals surface area (Å²) in [7, 11) is 0. The number of rotatable bonds is 13. The molecule has 0 saturated carbocycles. The second-order valence-corrected chi connectivity index (χ2v) is 5.39. The van der Waals surface area contributed by atoms with Crippen molar-refractivity contribution < 1.29 is 5.11 Å². The van der Waals surface area contributed by atoms with Gasteiger partial charge < -0.3 is 5.11 Å². The highest BCUT2D eigenvalue weighted by Crippen LogP contribution is 2.12. The van der Waals surface area contributed by atoms with Crippen molar-refractivity contribution in [2.45, 2.75) is 103 Å². The molecule has 0 aromatic heterocycles. The normalized spacial score (nSPS) is 12.9. The van der Waals surface area contributed by atoms with E-state index in [9.17, 15) is 5.11 Å². The average molecular weight is 242 g/mol. The first-order chi connectivity index (χ1) is 8.31. The summed E-state index contributed by atoms with van der Waals surface area (Å²) in [6.45, 7) is 4.33. The predicted octanol–water partition coefficient (Wildman–Crippen LogP) is 5.46. The number of hydrogen-bond donors (Lipinski definition) is 1. The minimum atomic E-state index is -0.0476. The molecule has 0 aliphatic carbocycles. The summed E-state index contributed by atoms with van der Waals surface area (Å²) < 4.78 is 0. The van der Waals surface area contributed by atoms with Crippen molar-refractivity contribution >= 4 is 0 Å². The lowest BCUT2D eigenvalue weighted by molar-refractivity contribution is 0.156. The fourth-order valence-corrected chi connectivity index (χ4v) is 2.25. The van der Waals surface area contributed by atoms with E-state index in [1.54, 1.807) is 0 Å². The maximum atomic E-state index is 9.40. The minimum Gasteiger partial charge on any atom is -0.393 e. The summed E-state index contributed by atoms with van der Waals surface area (Å²) in [5.74, 6) is 0. The van der Waals surface area contributed by atoms with Gasteiger partial charge in [0.2, 0.25) is 0 Å². The molecule has 1 unspecified atom stereocenters. The zero-order valence-corrected chi connectivity index (χ0v) is 12.2. The third kappa shape index (κ3) is 13.9. The Morgan fingerprint density at radius 3 is 1.47 bits per heavy atom. The van der Waals surface area contributed by atoms with Gasteiger partial charge in [-0.1, -0.05) is 84.5 Å². The van der Waals surface area contributed by atoms with Crippen LogP contribution in [0, 0.1) is 0 Å². The Morgan fingerprint density at radius 2 is 1.06 bits per heavy atom. The van der Waals surface area contributed by atoms with E-state index < -0.39 is 0 Å². The Balaban J connectivity index is 2.94. The highest BCUT2D eigenvalue weighted by molar-refractivity contribution is 4.53. The van der Waals surface area contributed by atoms with Crippen LogP contribution in [-0.2, 0) is 0 Å². The average Bonchev–Trinajstić information content (AvgIpc) is 2.35. The summed E-state index contributed by atoms with van der Waals surface area (Å²) in [4.78, 5) is 0. The van der Waals surface area contributed by atoms with E-state index in [-0.39, 0.29) is 6.10 Å². The second kappa shape index (κ2) is 14.0. The number of hydrogen-bond acceptors (Lipinski definition) is 1. The Hall–Kier alpha value is -0.0400. The van der Waals surface area contributed by atoms with E-state index in [4.69, 9.17) is 0 Å². The molecule has 1 atom stereocenters. The van der Waals surface area contributed by atoms with E-state index in [0.717, 1.165) is 12.8 Å². The van der Waals surface area contributed by atoms with Crippen LogP contribution in [0.1, 0.15) is 97.3 Å². The maximum absolute atomic E-state index is 9.40. The Kier molecular flexibility index (Phi) is 14.0. The molecule has 0 aliphatic rings. The van der Waals surface area contributed by atoms with E-state index in [0.29, 0.717) is 0 Å². The van der Waals surface area contributed by atoms with E-state index in [1.165, 1.54) is 70.6 Å². The van der Waals surface area contributed by atoms with Crippen LogP contribution in [0.5, 0.6) is 0 Å². The first-order valence-electron chi connectivity index (χ1n) is 7.99. The van der Waals surface area contributed by atoms with Crippen molar-refractivity contribution in [1.82, 2.24) is 0 Å². The van der Waals surface area contributed by atoms with Crippen LogP contribution in [-0.4, -0.2) is 11.2 Å². The Morgan fingerprint density at radius 1 is 0.647 bits per heavy atom. The fraction of sp³-hybridized carbons (Fsp3) is 1.00. The quantitative estimate of drug-likeness (QED) is 0.425. The molecule has 0 radical (unpaired) electrons. The first-order valence-corrected chi connectivity index (χ1v) is 7.99. The lowest BCUT2D eigenvalue weighted by Crippen LogP contribution is -2.03. The molecule has 0 heterocycles. The minimum absolute atomic E-state index is 0.0476. The van der Waals surface area contributed by atoms with Crippen LogP contribution < -0.4 is 0 Å². The maximum Gasteiger partial charge on any atom is 0.0537 e. The van der Waals surface area contributed by atoms with Gasteiger partial charge in [0.15, 0.2) is 0 Å². The summed E-state index contributed by atoms with van der Waals surface area (Å²) >= 11 is 0. The highest BCUT2D eigenvalue weighted by atomic mass is 16.3. The summed E-state index contributed by atoms with van der Waals surface area (Å²) in [6.07, 6.45) is 17.1. The van der Waals surface area contributed by atoms with Crippen molar-refractivity contribution in [3.05, 3.63) is 0 Å². The number of unbranched alkanes of at least 4 members (excludes halogenated alkanes) is 10. The highest BCUT2D eigenvalue weighted by Gasteiger charge is 1.99. The monoisotopic (exact) mass is 242 g/mol. The Bertz CT molecular complexity index is 133. The molecule has 0 aromatic carbocycles. The zero-order valence-electron chi connectivity index (χ0n) is 12.2. The van der Waals surface area contributed by atoms with Gasteiger partial charge in [0, 0.05) is 0 Å². The second-order valence-electron chi connectivity index (χ2n) is 5.39. The topological polar surface area (TPSA) is 20.2 Å². The third-order valence-electron chi connectivity index (χ3n) is 3.61. The van der Waals surface area contributed by atoms with E-state index in [2.05, 4.69) is 13.8 Å². The van der Waals surface area contributed by atoms with E-state index in [1.807, 2.05) is 0 Å². The standard InChI is InChI=1S/C16H34O/c1-3-5-6-7-8-9-10-11-12-13-14-15-16(17)4-2/h16-17H,3-15H2,1-2H3. The molecule has 0 fully saturated rings. The van der Waals surface area contributed by atoms with Crippen molar-refractivity contribution in [3.63, 3.8) is 0 Å². The third-order valence-corrected chi connectivity index (χ3v) is 3.61. The summed E-state index contributed by atoms with van der Waals surface area (Å²) in [5, 5.41) is 9.40. The van der Waals surface area contributed by atoms with Crippen molar-refractivity contribution in [3.8, 4) is 0 Å². The molecule has 104 valence electrons. The molecular weight excluding hydrogens is 208 g/mol. The Labute approximate surface area is 109 Å². The largest absolute Gasteiger partial charge is 0.393 e. The van der Waals surface area contributed by atoms with Crippen molar-refractivity contribution in [1.29, 1.82) is 0 Å². The first kappa shape index (κ1) is 17.0. The summed E-state index contributed by atoms with van der Waals surface area (Å²) in [5.41, 5.74) is 0. The molecule has 0 amide bonds. The molecule has 0 bridgehead atoms.